The maximum Gasteiger partial charge on any atom is 0.126 e. The lowest BCUT2D eigenvalue weighted by molar-refractivity contribution is 0.108. The second kappa shape index (κ2) is 30.0. The Morgan fingerprint density at radius 3 is 0.889 bits per heavy atom. The molecule has 2 saturated heterocycles. The second-order valence-corrected chi connectivity index (χ2v) is 23.4. The largest absolute Gasteiger partial charge is 0.491 e. The van der Waals surface area contributed by atoms with Gasteiger partial charge in [-0.1, -0.05) is 0 Å². The standard InChI is InChI=1S/C56H76O12S4/c1-5-61-11-15-65-51-41-23-37(35-57)24-42(51)32-46-28-40(50(60)56-71-21-10-22-72-56)30-48(54(46)68-18-14-64-8-4)34-44-26-38(36-58)25-43(52(44)66-16-12-62-6-2)33-47-29-39(49(59)55-69-19-9-20-70-55)27-45(31-41)53(47)67-17-13-63-7-3/h23-30,49-50,55-60H,5-22,31-36H2,1-4H3. The van der Waals surface area contributed by atoms with Crippen molar-refractivity contribution in [2.24, 2.45) is 0 Å². The molecule has 72 heavy (non-hydrogen) atoms. The molecule has 0 amide bonds. The van der Waals surface area contributed by atoms with Crippen LogP contribution in [0.3, 0.4) is 0 Å². The molecule has 2 atom stereocenters. The van der Waals surface area contributed by atoms with E-state index in [0.29, 0.717) is 113 Å². The smallest absolute Gasteiger partial charge is 0.126 e. The van der Waals surface area contributed by atoms with Crippen LogP contribution in [-0.2, 0) is 57.8 Å². The molecule has 4 aromatic rings. The first-order valence-corrected chi connectivity index (χ1v) is 29.9. The average Bonchev–Trinajstić information content (AvgIpc) is 3.40. The maximum absolute atomic E-state index is 12.3. The van der Waals surface area contributed by atoms with Crippen molar-refractivity contribution in [1.82, 2.24) is 0 Å². The fourth-order valence-electron chi connectivity index (χ4n) is 9.43. The molecule has 4 aromatic carbocycles. The quantitative estimate of drug-likeness (QED) is 0.0389. The van der Waals surface area contributed by atoms with E-state index in [1.165, 1.54) is 0 Å². The molecule has 0 aromatic heterocycles. The summed E-state index contributed by atoms with van der Waals surface area (Å²) in [4.78, 5) is 0. The molecule has 8 bridgehead atoms. The maximum atomic E-state index is 12.3. The number of hydrogen-bond acceptors (Lipinski definition) is 16. The van der Waals surface area contributed by atoms with Crippen molar-refractivity contribution in [3.8, 4) is 23.0 Å². The highest BCUT2D eigenvalue weighted by molar-refractivity contribution is 8.18. The van der Waals surface area contributed by atoms with Crippen molar-refractivity contribution < 1.29 is 58.3 Å². The minimum Gasteiger partial charge on any atom is -0.491 e. The van der Waals surface area contributed by atoms with Crippen LogP contribution < -0.4 is 18.9 Å². The number of fused-ring (bicyclic) bond motifs is 8. The van der Waals surface area contributed by atoms with Crippen molar-refractivity contribution in [3.05, 3.63) is 115 Å². The summed E-state index contributed by atoms with van der Waals surface area (Å²) in [5.41, 5.74) is 9.73. The fourth-order valence-corrected chi connectivity index (χ4v) is 15.3. The molecular weight excluding hydrogens is 993 g/mol. The van der Waals surface area contributed by atoms with Gasteiger partial charge in [-0.25, -0.2) is 0 Å². The van der Waals surface area contributed by atoms with Crippen LogP contribution >= 0.6 is 47.0 Å². The zero-order valence-electron chi connectivity index (χ0n) is 42.6. The number of benzene rings is 4. The lowest BCUT2D eigenvalue weighted by Crippen LogP contribution is -2.18. The first kappa shape index (κ1) is 56.9. The number of rotatable bonds is 26. The van der Waals surface area contributed by atoms with Gasteiger partial charge in [-0.05, 0) is 179 Å². The van der Waals surface area contributed by atoms with E-state index in [4.69, 9.17) is 37.9 Å². The van der Waals surface area contributed by atoms with Crippen molar-refractivity contribution in [3.63, 3.8) is 0 Å². The van der Waals surface area contributed by atoms with Gasteiger partial charge in [0.15, 0.2) is 0 Å². The number of thioether (sulfide) groups is 4. The highest BCUT2D eigenvalue weighted by Gasteiger charge is 2.31. The predicted octanol–water partition coefficient (Wildman–Crippen LogP) is 9.47. The van der Waals surface area contributed by atoms with E-state index in [9.17, 15) is 20.4 Å². The van der Waals surface area contributed by atoms with Crippen LogP contribution in [0.15, 0.2) is 48.5 Å². The average molecular weight is 1070 g/mol. The topological polar surface area (TPSA) is 155 Å². The Hall–Kier alpha value is -2.84. The van der Waals surface area contributed by atoms with Crippen molar-refractivity contribution in [2.75, 3.05) is 102 Å². The monoisotopic (exact) mass is 1070 g/mol. The summed E-state index contributed by atoms with van der Waals surface area (Å²) in [6, 6.07) is 16.3. The molecule has 396 valence electrons. The predicted molar refractivity (Wildman–Crippen MR) is 293 cm³/mol. The van der Waals surface area contributed by atoms with E-state index in [1.807, 2.05) is 52.0 Å². The van der Waals surface area contributed by atoms with Crippen LogP contribution in [0.2, 0.25) is 0 Å². The van der Waals surface area contributed by atoms with Crippen LogP contribution in [0, 0.1) is 0 Å². The minimum atomic E-state index is -0.774. The van der Waals surface area contributed by atoms with Crippen LogP contribution in [0.5, 0.6) is 23.0 Å². The molecule has 2 fully saturated rings. The first-order valence-electron chi connectivity index (χ1n) is 25.8. The number of hydrogen-bond donors (Lipinski definition) is 4. The molecule has 2 heterocycles. The molecule has 12 nitrogen and oxygen atoms in total. The summed E-state index contributed by atoms with van der Waals surface area (Å²) in [5, 5.41) is 46.7. The molecule has 4 N–H and O–H groups in total. The van der Waals surface area contributed by atoms with Gasteiger partial charge in [-0.2, -0.15) is 0 Å². The lowest BCUT2D eigenvalue weighted by Gasteiger charge is -2.29. The highest BCUT2D eigenvalue weighted by Crippen LogP contribution is 2.46. The van der Waals surface area contributed by atoms with Gasteiger partial charge >= 0.3 is 0 Å². The Bertz CT molecular complexity index is 2050. The molecule has 0 spiro atoms. The van der Waals surface area contributed by atoms with Gasteiger partial charge in [0, 0.05) is 52.1 Å². The van der Waals surface area contributed by atoms with Gasteiger partial charge in [0.1, 0.15) is 49.4 Å². The first-order chi connectivity index (χ1) is 35.3. The molecular formula is C56H76O12S4. The minimum absolute atomic E-state index is 0.0525. The third-order valence-corrected chi connectivity index (χ3v) is 18.7. The SMILES string of the molecule is CCOCCOc1c2cc(CO)cc1Cc1cc(C(O)C3SCCCS3)cc(c1OCCOCC)Cc1cc(CO)cc(c1OCCOCC)Cc1cc(C(O)C3SCCCS3)cc(c1OCCOCC)C2. The summed E-state index contributed by atoms with van der Waals surface area (Å²) in [6.45, 7) is 12.3. The third kappa shape index (κ3) is 15.6. The van der Waals surface area contributed by atoms with Crippen molar-refractivity contribution >= 4 is 47.0 Å². The zero-order valence-corrected chi connectivity index (χ0v) is 45.9. The third-order valence-electron chi connectivity index (χ3n) is 12.6. The molecule has 2 aliphatic heterocycles. The molecule has 1 aliphatic carbocycles. The van der Waals surface area contributed by atoms with Gasteiger partial charge in [-0.15, -0.1) is 47.0 Å². The second-order valence-electron chi connectivity index (χ2n) is 17.8. The summed E-state index contributed by atoms with van der Waals surface area (Å²) in [5.74, 6) is 6.58. The molecule has 7 rings (SSSR count). The molecule has 0 radical (unpaired) electrons. The number of aliphatic hydroxyl groups excluding tert-OH is 4. The van der Waals surface area contributed by atoms with Gasteiger partial charge in [0.2, 0.25) is 0 Å². The van der Waals surface area contributed by atoms with E-state index in [1.54, 1.807) is 47.0 Å². The van der Waals surface area contributed by atoms with Crippen LogP contribution in [-0.4, -0.2) is 132 Å². The molecule has 2 unspecified atom stereocenters. The van der Waals surface area contributed by atoms with Gasteiger partial charge in [0.05, 0.1) is 61.0 Å². The zero-order chi connectivity index (χ0) is 50.7. The molecule has 16 heteroatoms. The van der Waals surface area contributed by atoms with Gasteiger partial charge in [-0.3, -0.25) is 0 Å². The van der Waals surface area contributed by atoms with Crippen molar-refractivity contribution in [1.29, 1.82) is 0 Å². The number of ether oxygens (including phenoxy) is 8. The van der Waals surface area contributed by atoms with Crippen LogP contribution in [0.4, 0.5) is 0 Å². The fraction of sp³-hybridized carbons (Fsp3) is 0.571. The van der Waals surface area contributed by atoms with E-state index in [2.05, 4.69) is 24.3 Å². The van der Waals surface area contributed by atoms with E-state index in [0.717, 1.165) is 91.5 Å². The summed E-state index contributed by atoms with van der Waals surface area (Å²) in [6.07, 6.45) is 2.00. The van der Waals surface area contributed by atoms with E-state index < -0.39 is 12.2 Å². The van der Waals surface area contributed by atoms with Gasteiger partial charge in [0.25, 0.3) is 0 Å². The summed E-state index contributed by atoms with van der Waals surface area (Å²) < 4.78 is 50.6. The van der Waals surface area contributed by atoms with Crippen LogP contribution in [0.25, 0.3) is 0 Å². The van der Waals surface area contributed by atoms with Crippen molar-refractivity contribution in [2.45, 2.75) is 101 Å². The summed E-state index contributed by atoms with van der Waals surface area (Å²) in [7, 11) is 0. The molecule has 0 saturated carbocycles. The Morgan fingerprint density at radius 2 is 0.653 bits per heavy atom. The molecule has 3 aliphatic rings. The Labute approximate surface area is 444 Å². The Kier molecular flexibility index (Phi) is 23.7. The Balaban J connectivity index is 1.53. The highest BCUT2D eigenvalue weighted by atomic mass is 32.2. The normalized spacial score (nSPS) is 16.3. The lowest BCUT2D eigenvalue weighted by atomic mass is 9.87. The van der Waals surface area contributed by atoms with E-state index >= 15 is 0 Å². The van der Waals surface area contributed by atoms with E-state index in [-0.39, 0.29) is 48.8 Å². The Morgan fingerprint density at radius 1 is 0.403 bits per heavy atom. The van der Waals surface area contributed by atoms with Crippen LogP contribution in [0.1, 0.15) is 120 Å². The van der Waals surface area contributed by atoms with Gasteiger partial charge < -0.3 is 58.3 Å². The summed E-state index contributed by atoms with van der Waals surface area (Å²) >= 11 is 7.16. The number of aliphatic hydroxyl groups is 4.